The highest BCUT2D eigenvalue weighted by atomic mass is 19.1. The average molecular weight is 598 g/mol. The van der Waals surface area contributed by atoms with Crippen LogP contribution in [0.5, 0.6) is 0 Å². The molecule has 1 aliphatic rings. The Morgan fingerprint density at radius 2 is 1.77 bits per heavy atom. The number of benzene rings is 2. The van der Waals surface area contributed by atoms with E-state index in [0.29, 0.717) is 54.4 Å². The van der Waals surface area contributed by atoms with Crippen LogP contribution in [0, 0.1) is 11.2 Å². The second-order valence-corrected chi connectivity index (χ2v) is 10.3. The first kappa shape index (κ1) is 30.2. The molecule has 2 aromatic carbocycles. The summed E-state index contributed by atoms with van der Waals surface area (Å²) in [6.45, 7) is 2.24. The molecule has 1 atom stereocenters. The number of aromatic nitrogens is 3. The number of fused-ring (bicyclic) bond motifs is 1. The van der Waals surface area contributed by atoms with E-state index in [9.17, 15) is 9.59 Å². The Labute approximate surface area is 253 Å². The molecule has 3 heterocycles. The van der Waals surface area contributed by atoms with Crippen molar-refractivity contribution < 1.29 is 18.7 Å². The molecule has 1 unspecified atom stereocenters. The molecule has 3 N–H and O–H groups in total. The van der Waals surface area contributed by atoms with Gasteiger partial charge in [-0.05, 0) is 54.1 Å². The number of anilines is 3. The summed E-state index contributed by atoms with van der Waals surface area (Å²) < 4.78 is 21.1. The highest BCUT2D eigenvalue weighted by Gasteiger charge is 2.21. The lowest BCUT2D eigenvalue weighted by Crippen LogP contribution is -2.37. The van der Waals surface area contributed by atoms with E-state index < -0.39 is 11.8 Å². The maximum atomic E-state index is 15.6. The zero-order valence-electron chi connectivity index (χ0n) is 24.5. The minimum Gasteiger partial charge on any atom is -0.378 e. The smallest absolute Gasteiger partial charge is 0.323 e. The van der Waals surface area contributed by atoms with Crippen LogP contribution in [-0.2, 0) is 4.74 Å². The highest BCUT2D eigenvalue weighted by Crippen LogP contribution is 2.30. The Morgan fingerprint density at radius 3 is 2.43 bits per heavy atom. The molecule has 0 aliphatic carbocycles. The van der Waals surface area contributed by atoms with Gasteiger partial charge in [-0.3, -0.25) is 14.8 Å². The number of hydrogen-bond donors (Lipinski definition) is 3. The standard InChI is InChI=1S/C31H32FN9O3/c1-34-17-21(16-33)20-14-26-27(35-18-20)29(41-10-12-44-13-11-41)39-28(38-26)24-9-8-23(15-25(24)32)37-31(43)36-22-6-4-19(5-7-22)30(42)40(2)3/h4-9,14-18,21,33H,10-13H2,1-3H3,(H2,36,37,43). The number of morpholine rings is 1. The van der Waals surface area contributed by atoms with Gasteiger partial charge in [-0.1, -0.05) is 0 Å². The molecule has 1 saturated heterocycles. The van der Waals surface area contributed by atoms with Gasteiger partial charge < -0.3 is 30.6 Å². The minimum absolute atomic E-state index is 0.151. The van der Waals surface area contributed by atoms with Gasteiger partial charge in [0.25, 0.3) is 5.91 Å². The third-order valence-corrected chi connectivity index (χ3v) is 6.99. The number of ether oxygens (including phenoxy) is 1. The van der Waals surface area contributed by atoms with Crippen molar-refractivity contribution in [2.24, 2.45) is 4.99 Å². The van der Waals surface area contributed by atoms with Crippen molar-refractivity contribution in [3.63, 3.8) is 0 Å². The van der Waals surface area contributed by atoms with Gasteiger partial charge in [0.2, 0.25) is 0 Å². The maximum absolute atomic E-state index is 15.6. The summed E-state index contributed by atoms with van der Waals surface area (Å²) in [5.74, 6) is -0.429. The lowest BCUT2D eigenvalue weighted by Gasteiger charge is -2.28. The number of pyridine rings is 1. The van der Waals surface area contributed by atoms with E-state index in [2.05, 4.69) is 25.6 Å². The Balaban J connectivity index is 1.41. The molecular weight excluding hydrogens is 565 g/mol. The number of amides is 3. The van der Waals surface area contributed by atoms with Crippen molar-refractivity contribution in [3.05, 3.63) is 71.7 Å². The first-order chi connectivity index (χ1) is 21.3. The van der Waals surface area contributed by atoms with Crippen molar-refractivity contribution in [2.75, 3.05) is 63.0 Å². The molecule has 3 amide bonds. The number of aliphatic imine (C=N–C) groups is 1. The molecule has 0 saturated carbocycles. The number of nitrogens with zero attached hydrogens (tertiary/aromatic N) is 6. The summed E-state index contributed by atoms with van der Waals surface area (Å²) in [7, 11) is 4.96. The molecule has 226 valence electrons. The Hall–Kier alpha value is -5.30. The van der Waals surface area contributed by atoms with E-state index in [-0.39, 0.29) is 28.9 Å². The Bertz CT molecular complexity index is 1720. The molecule has 5 rings (SSSR count). The highest BCUT2D eigenvalue weighted by molar-refractivity contribution is 6.00. The summed E-state index contributed by atoms with van der Waals surface area (Å²) in [5.41, 5.74) is 3.13. The molecule has 44 heavy (non-hydrogen) atoms. The van der Waals surface area contributed by atoms with Gasteiger partial charge >= 0.3 is 6.03 Å². The fraction of sp³-hybridized carbons (Fsp3) is 0.258. The number of halogens is 1. The molecule has 4 aromatic rings. The van der Waals surface area contributed by atoms with Crippen LogP contribution in [0.3, 0.4) is 0 Å². The topological polar surface area (TPSA) is 149 Å². The van der Waals surface area contributed by atoms with Crippen molar-refractivity contribution >= 4 is 52.6 Å². The van der Waals surface area contributed by atoms with E-state index in [1.807, 2.05) is 11.0 Å². The SMILES string of the molecule is CN=CC(C=N)c1cnc2c(N3CCOCC3)nc(-c3ccc(NC(=O)Nc4ccc(C(=O)N(C)C)cc4)cc3F)nc2c1. The number of hydrogen-bond acceptors (Lipinski definition) is 9. The average Bonchev–Trinajstić information content (AvgIpc) is 3.03. The van der Waals surface area contributed by atoms with Crippen LogP contribution in [-0.4, -0.2) is 91.7 Å². The predicted octanol–water partition coefficient (Wildman–Crippen LogP) is 4.45. The van der Waals surface area contributed by atoms with Crippen LogP contribution in [0.1, 0.15) is 21.8 Å². The third-order valence-electron chi connectivity index (χ3n) is 6.99. The van der Waals surface area contributed by atoms with Crippen LogP contribution >= 0.6 is 0 Å². The van der Waals surface area contributed by atoms with Crippen molar-refractivity contribution in [1.82, 2.24) is 19.9 Å². The molecule has 0 radical (unpaired) electrons. The van der Waals surface area contributed by atoms with Gasteiger partial charge in [-0.15, -0.1) is 0 Å². The molecular formula is C31H32FN9O3. The number of rotatable bonds is 8. The van der Waals surface area contributed by atoms with Gasteiger partial charge in [0, 0.05) is 69.8 Å². The third kappa shape index (κ3) is 6.68. The van der Waals surface area contributed by atoms with Crippen molar-refractivity contribution in [1.29, 1.82) is 5.41 Å². The predicted molar refractivity (Wildman–Crippen MR) is 169 cm³/mol. The molecule has 12 nitrogen and oxygen atoms in total. The fourth-order valence-electron chi connectivity index (χ4n) is 4.72. The first-order valence-electron chi connectivity index (χ1n) is 13.9. The summed E-state index contributed by atoms with van der Waals surface area (Å²) in [4.78, 5) is 46.2. The number of carbonyl (C=O) groups is 2. The zero-order valence-corrected chi connectivity index (χ0v) is 24.5. The van der Waals surface area contributed by atoms with E-state index in [0.717, 1.165) is 5.56 Å². The van der Waals surface area contributed by atoms with Gasteiger partial charge in [0.15, 0.2) is 11.6 Å². The molecule has 13 heteroatoms. The van der Waals surface area contributed by atoms with Crippen LogP contribution < -0.4 is 15.5 Å². The van der Waals surface area contributed by atoms with Crippen LogP contribution in [0.4, 0.5) is 26.4 Å². The summed E-state index contributed by atoms with van der Waals surface area (Å²) in [6.07, 6.45) is 4.59. The Kier molecular flexibility index (Phi) is 9.15. The summed E-state index contributed by atoms with van der Waals surface area (Å²) in [5, 5.41) is 13.1. The number of urea groups is 1. The second-order valence-electron chi connectivity index (χ2n) is 10.3. The van der Waals surface area contributed by atoms with E-state index >= 15 is 4.39 Å². The van der Waals surface area contributed by atoms with E-state index in [1.165, 1.54) is 23.2 Å². The lowest BCUT2D eigenvalue weighted by molar-refractivity contribution is 0.0827. The van der Waals surface area contributed by atoms with Crippen molar-refractivity contribution in [2.45, 2.75) is 5.92 Å². The molecule has 1 fully saturated rings. The zero-order chi connectivity index (χ0) is 31.2. The summed E-state index contributed by atoms with van der Waals surface area (Å²) in [6, 6.07) is 12.0. The van der Waals surface area contributed by atoms with Crippen molar-refractivity contribution in [3.8, 4) is 11.4 Å². The van der Waals surface area contributed by atoms with Gasteiger partial charge in [0.1, 0.15) is 11.3 Å². The number of carbonyl (C=O) groups excluding carboxylic acids is 2. The number of nitrogens with one attached hydrogen (secondary N) is 3. The van der Waals surface area contributed by atoms with Gasteiger partial charge in [-0.25, -0.2) is 19.2 Å². The molecule has 1 aliphatic heterocycles. The van der Waals surface area contributed by atoms with Gasteiger partial charge in [0.05, 0.1) is 30.2 Å². The Morgan fingerprint density at radius 1 is 1.07 bits per heavy atom. The molecule has 2 aromatic heterocycles. The molecule has 0 spiro atoms. The fourth-order valence-corrected chi connectivity index (χ4v) is 4.72. The van der Waals surface area contributed by atoms with Crippen LogP contribution in [0.25, 0.3) is 22.4 Å². The lowest BCUT2D eigenvalue weighted by atomic mass is 10.0. The normalized spacial score (nSPS) is 14.0. The van der Waals surface area contributed by atoms with E-state index in [4.69, 9.17) is 15.1 Å². The second kappa shape index (κ2) is 13.3. The molecule has 0 bridgehead atoms. The maximum Gasteiger partial charge on any atom is 0.323 e. The van der Waals surface area contributed by atoms with E-state index in [1.54, 1.807) is 63.9 Å². The minimum atomic E-state index is -0.624. The van der Waals surface area contributed by atoms with Crippen LogP contribution in [0.15, 0.2) is 59.7 Å². The summed E-state index contributed by atoms with van der Waals surface area (Å²) >= 11 is 0. The monoisotopic (exact) mass is 597 g/mol. The van der Waals surface area contributed by atoms with Crippen LogP contribution in [0.2, 0.25) is 0 Å². The van der Waals surface area contributed by atoms with Gasteiger partial charge in [-0.2, -0.15) is 0 Å². The largest absolute Gasteiger partial charge is 0.378 e. The first-order valence-corrected chi connectivity index (χ1v) is 13.9. The quantitative estimate of drug-likeness (QED) is 0.254.